The van der Waals surface area contributed by atoms with Crippen molar-refractivity contribution in [3.8, 4) is 0 Å². The van der Waals surface area contributed by atoms with Gasteiger partial charge in [-0.1, -0.05) is 6.07 Å². The Morgan fingerprint density at radius 1 is 1.60 bits per heavy atom. The average Bonchev–Trinajstić information content (AvgIpc) is 2.62. The fourth-order valence-corrected chi connectivity index (χ4v) is 1.66. The third-order valence-electron chi connectivity index (χ3n) is 1.93. The Hall–Kier alpha value is -0.870. The van der Waals surface area contributed by atoms with E-state index in [1.54, 1.807) is 11.3 Å². The average molecular weight is 227 g/mol. The minimum atomic E-state index is -0.304. The van der Waals surface area contributed by atoms with Gasteiger partial charge in [-0.3, -0.25) is 4.79 Å². The molecule has 0 radical (unpaired) electrons. The van der Waals surface area contributed by atoms with Crippen molar-refractivity contribution in [1.82, 2.24) is 0 Å². The first kappa shape index (κ1) is 12.2. The lowest BCUT2D eigenvalue weighted by molar-refractivity contribution is -0.145. The van der Waals surface area contributed by atoms with Crippen molar-refractivity contribution in [2.24, 2.45) is 5.73 Å². The summed E-state index contributed by atoms with van der Waals surface area (Å²) < 4.78 is 5.10. The first-order valence-electron chi connectivity index (χ1n) is 4.94. The van der Waals surface area contributed by atoms with Crippen LogP contribution in [0.25, 0.3) is 0 Å². The Morgan fingerprint density at radius 2 is 2.33 bits per heavy atom. The van der Waals surface area contributed by atoms with E-state index in [4.69, 9.17) is 10.5 Å². The van der Waals surface area contributed by atoms with Crippen molar-refractivity contribution in [2.75, 3.05) is 0 Å². The minimum absolute atomic E-state index is 0.179. The minimum Gasteiger partial charge on any atom is -0.460 e. The Morgan fingerprint density at radius 3 is 2.87 bits per heavy atom. The van der Waals surface area contributed by atoms with Crippen LogP contribution in [0.1, 0.15) is 31.6 Å². The summed E-state index contributed by atoms with van der Waals surface area (Å²) in [6, 6.07) is 3.89. The predicted molar refractivity (Wildman–Crippen MR) is 61.6 cm³/mol. The molecule has 0 amide bonds. The molecule has 2 N–H and O–H groups in total. The quantitative estimate of drug-likeness (QED) is 0.785. The number of carbonyl (C=O) groups is 1. The Kier molecular flexibility index (Phi) is 4.29. The highest BCUT2D eigenvalue weighted by atomic mass is 32.1. The van der Waals surface area contributed by atoms with Crippen molar-refractivity contribution in [1.29, 1.82) is 0 Å². The number of carbonyl (C=O) groups excluding carboxylic acids is 1. The Balaban J connectivity index is 2.20. The maximum atomic E-state index is 11.3. The van der Waals surface area contributed by atoms with Crippen LogP contribution in [-0.2, 0) is 16.1 Å². The van der Waals surface area contributed by atoms with E-state index in [0.29, 0.717) is 19.4 Å². The van der Waals surface area contributed by atoms with E-state index in [1.807, 2.05) is 31.4 Å². The van der Waals surface area contributed by atoms with Gasteiger partial charge in [0, 0.05) is 16.8 Å². The second kappa shape index (κ2) is 5.28. The lowest BCUT2D eigenvalue weighted by atomic mass is 10.0. The lowest BCUT2D eigenvalue weighted by Crippen LogP contribution is -2.32. The summed E-state index contributed by atoms with van der Waals surface area (Å²) in [6.45, 7) is 4.18. The molecule has 0 saturated heterocycles. The van der Waals surface area contributed by atoms with Gasteiger partial charge in [0.05, 0.1) is 0 Å². The first-order chi connectivity index (χ1) is 6.97. The monoisotopic (exact) mass is 227 g/mol. The zero-order valence-electron chi connectivity index (χ0n) is 9.16. The van der Waals surface area contributed by atoms with E-state index >= 15 is 0 Å². The van der Waals surface area contributed by atoms with Crippen LogP contribution in [0.4, 0.5) is 0 Å². The Labute approximate surface area is 94.2 Å². The van der Waals surface area contributed by atoms with Gasteiger partial charge in [-0.15, -0.1) is 11.3 Å². The molecule has 0 aliphatic rings. The zero-order valence-corrected chi connectivity index (χ0v) is 9.97. The number of nitrogens with two attached hydrogens (primary N) is 1. The van der Waals surface area contributed by atoms with Crippen molar-refractivity contribution in [2.45, 2.75) is 38.8 Å². The highest BCUT2D eigenvalue weighted by molar-refractivity contribution is 7.09. The molecule has 0 spiro atoms. The van der Waals surface area contributed by atoms with Crippen LogP contribution < -0.4 is 5.73 Å². The van der Waals surface area contributed by atoms with E-state index in [1.165, 1.54) is 0 Å². The smallest absolute Gasteiger partial charge is 0.306 e. The highest BCUT2D eigenvalue weighted by Crippen LogP contribution is 2.12. The molecule has 0 aromatic carbocycles. The highest BCUT2D eigenvalue weighted by Gasteiger charge is 2.13. The van der Waals surface area contributed by atoms with Gasteiger partial charge in [0.25, 0.3) is 0 Å². The van der Waals surface area contributed by atoms with Crippen LogP contribution in [0.2, 0.25) is 0 Å². The normalized spacial score (nSPS) is 11.4. The van der Waals surface area contributed by atoms with E-state index in [0.717, 1.165) is 4.88 Å². The van der Waals surface area contributed by atoms with E-state index in [9.17, 15) is 4.79 Å². The molecule has 1 aromatic rings. The summed E-state index contributed by atoms with van der Waals surface area (Å²) in [7, 11) is 0. The summed E-state index contributed by atoms with van der Waals surface area (Å²) in [5, 5.41) is 1.96. The molecule has 1 aromatic heterocycles. The molecule has 0 bridgehead atoms. The summed E-state index contributed by atoms with van der Waals surface area (Å²) in [5.74, 6) is -0.179. The van der Waals surface area contributed by atoms with Gasteiger partial charge < -0.3 is 10.5 Å². The molecule has 0 atom stereocenters. The standard InChI is InChI=1S/C11H17NO2S/c1-11(2,12)6-5-10(13)14-8-9-4-3-7-15-9/h3-4,7H,5-6,8,12H2,1-2H3. The molecular formula is C11H17NO2S. The molecule has 1 rings (SSSR count). The SMILES string of the molecule is CC(C)(N)CCC(=O)OCc1cccs1. The topological polar surface area (TPSA) is 52.3 Å². The Bertz CT molecular complexity index is 301. The predicted octanol–water partition coefficient (Wildman–Crippen LogP) is 2.31. The summed E-state index contributed by atoms with van der Waals surface area (Å²) in [6.07, 6.45) is 1.03. The summed E-state index contributed by atoms with van der Waals surface area (Å²) >= 11 is 1.59. The molecule has 84 valence electrons. The molecule has 4 heteroatoms. The summed E-state index contributed by atoms with van der Waals surface area (Å²) in [4.78, 5) is 12.4. The molecule has 0 aliphatic heterocycles. The number of hydrogen-bond acceptors (Lipinski definition) is 4. The van der Waals surface area contributed by atoms with E-state index < -0.39 is 0 Å². The van der Waals surface area contributed by atoms with Crippen molar-refractivity contribution < 1.29 is 9.53 Å². The number of ether oxygens (including phenoxy) is 1. The second-order valence-electron chi connectivity index (χ2n) is 4.23. The van der Waals surface area contributed by atoms with Gasteiger partial charge >= 0.3 is 5.97 Å². The van der Waals surface area contributed by atoms with Crippen LogP contribution in [0.5, 0.6) is 0 Å². The van der Waals surface area contributed by atoms with E-state index in [2.05, 4.69) is 0 Å². The van der Waals surface area contributed by atoms with Gasteiger partial charge in [0.15, 0.2) is 0 Å². The van der Waals surface area contributed by atoms with Crippen LogP contribution in [0.15, 0.2) is 17.5 Å². The van der Waals surface area contributed by atoms with Gasteiger partial charge in [0.2, 0.25) is 0 Å². The van der Waals surface area contributed by atoms with Crippen molar-refractivity contribution in [3.63, 3.8) is 0 Å². The van der Waals surface area contributed by atoms with E-state index in [-0.39, 0.29) is 11.5 Å². The number of thiophene rings is 1. The number of hydrogen-bond donors (Lipinski definition) is 1. The molecule has 0 fully saturated rings. The third kappa shape index (κ3) is 5.54. The second-order valence-corrected chi connectivity index (χ2v) is 5.26. The van der Waals surface area contributed by atoms with Gasteiger partial charge in [-0.25, -0.2) is 0 Å². The fourth-order valence-electron chi connectivity index (χ4n) is 1.04. The van der Waals surface area contributed by atoms with Crippen LogP contribution in [0.3, 0.4) is 0 Å². The molecule has 0 saturated carbocycles. The fraction of sp³-hybridized carbons (Fsp3) is 0.545. The van der Waals surface area contributed by atoms with Crippen LogP contribution >= 0.6 is 11.3 Å². The van der Waals surface area contributed by atoms with Crippen LogP contribution in [-0.4, -0.2) is 11.5 Å². The molecule has 3 nitrogen and oxygen atoms in total. The molecule has 1 heterocycles. The molecule has 0 aliphatic carbocycles. The maximum Gasteiger partial charge on any atom is 0.306 e. The largest absolute Gasteiger partial charge is 0.460 e. The summed E-state index contributed by atoms with van der Waals surface area (Å²) in [5.41, 5.74) is 5.47. The molecule has 15 heavy (non-hydrogen) atoms. The number of rotatable bonds is 5. The van der Waals surface area contributed by atoms with Gasteiger partial charge in [-0.2, -0.15) is 0 Å². The van der Waals surface area contributed by atoms with Crippen molar-refractivity contribution in [3.05, 3.63) is 22.4 Å². The first-order valence-corrected chi connectivity index (χ1v) is 5.82. The maximum absolute atomic E-state index is 11.3. The third-order valence-corrected chi connectivity index (χ3v) is 2.78. The number of esters is 1. The van der Waals surface area contributed by atoms with Crippen molar-refractivity contribution >= 4 is 17.3 Å². The van der Waals surface area contributed by atoms with Crippen LogP contribution in [0, 0.1) is 0 Å². The molecular weight excluding hydrogens is 210 g/mol. The van der Waals surface area contributed by atoms with Gasteiger partial charge in [0.1, 0.15) is 6.61 Å². The molecule has 0 unspecified atom stereocenters. The zero-order chi connectivity index (χ0) is 11.3. The lowest BCUT2D eigenvalue weighted by Gasteiger charge is -2.17. The van der Waals surface area contributed by atoms with Gasteiger partial charge in [-0.05, 0) is 31.7 Å².